The maximum Gasteiger partial charge on any atom is 0.224 e. The van der Waals surface area contributed by atoms with Crippen molar-refractivity contribution in [2.75, 3.05) is 13.1 Å². The number of benzene rings is 1. The van der Waals surface area contributed by atoms with Crippen LogP contribution < -0.4 is 10.6 Å². The third kappa shape index (κ3) is 3.43. The van der Waals surface area contributed by atoms with E-state index in [9.17, 15) is 4.79 Å². The van der Waals surface area contributed by atoms with Crippen LogP contribution in [0.1, 0.15) is 18.4 Å². The van der Waals surface area contributed by atoms with Gasteiger partial charge in [0.1, 0.15) is 0 Å². The van der Waals surface area contributed by atoms with E-state index in [1.54, 1.807) is 0 Å². The summed E-state index contributed by atoms with van der Waals surface area (Å²) in [5.74, 6) is 0.792. The minimum Gasteiger partial charge on any atom is -0.352 e. The summed E-state index contributed by atoms with van der Waals surface area (Å²) in [6, 6.07) is 7.78. The number of nitrogens with one attached hydrogen (secondary N) is 3. The number of carbonyl (C=O) groups is 1. The Hall–Kier alpha value is -2.28. The van der Waals surface area contributed by atoms with E-state index in [1.807, 2.05) is 24.3 Å². The monoisotopic (exact) mass is 286 g/mol. The van der Waals surface area contributed by atoms with Gasteiger partial charge >= 0.3 is 0 Å². The van der Waals surface area contributed by atoms with Gasteiger partial charge in [-0.05, 0) is 30.2 Å². The number of tetrazole rings is 1. The second-order valence-corrected chi connectivity index (χ2v) is 5.19. The van der Waals surface area contributed by atoms with Gasteiger partial charge in [-0.1, -0.05) is 24.3 Å². The third-order valence-electron chi connectivity index (χ3n) is 3.69. The fourth-order valence-electron chi connectivity index (χ4n) is 2.46. The minimum absolute atomic E-state index is 0.0948. The number of aromatic amines is 1. The summed E-state index contributed by atoms with van der Waals surface area (Å²) in [7, 11) is 0. The quantitative estimate of drug-likeness (QED) is 0.760. The van der Waals surface area contributed by atoms with Gasteiger partial charge < -0.3 is 10.6 Å². The number of rotatable bonds is 4. The Morgan fingerprint density at radius 1 is 1.33 bits per heavy atom. The molecule has 1 saturated heterocycles. The van der Waals surface area contributed by atoms with Gasteiger partial charge in [0.2, 0.25) is 11.7 Å². The zero-order valence-electron chi connectivity index (χ0n) is 11.7. The number of carbonyl (C=O) groups excluding carboxylic acids is 1. The SMILES string of the molecule is O=C(NCc1ccc(-c2nn[nH]n2)cc1)[C@@H]1CCCNC1. The zero-order valence-corrected chi connectivity index (χ0v) is 11.7. The van der Waals surface area contributed by atoms with E-state index in [1.165, 1.54) is 0 Å². The fraction of sp³-hybridized carbons (Fsp3) is 0.429. The molecule has 1 aliphatic heterocycles. The zero-order chi connectivity index (χ0) is 14.5. The van der Waals surface area contributed by atoms with E-state index >= 15 is 0 Å². The van der Waals surface area contributed by atoms with Crippen LogP contribution in [0.25, 0.3) is 11.4 Å². The largest absolute Gasteiger partial charge is 0.352 e. The number of amides is 1. The van der Waals surface area contributed by atoms with Gasteiger partial charge in [0.15, 0.2) is 0 Å². The summed E-state index contributed by atoms with van der Waals surface area (Å²) in [5, 5.41) is 20.1. The van der Waals surface area contributed by atoms with Crippen molar-refractivity contribution in [1.82, 2.24) is 31.3 Å². The number of hydrogen-bond acceptors (Lipinski definition) is 5. The van der Waals surface area contributed by atoms with Crippen LogP contribution >= 0.6 is 0 Å². The van der Waals surface area contributed by atoms with Gasteiger partial charge in [-0.15, -0.1) is 10.2 Å². The van der Waals surface area contributed by atoms with Crippen molar-refractivity contribution in [3.8, 4) is 11.4 Å². The molecular formula is C14H18N6O. The van der Waals surface area contributed by atoms with E-state index in [0.29, 0.717) is 12.4 Å². The van der Waals surface area contributed by atoms with Crippen molar-refractivity contribution in [2.45, 2.75) is 19.4 Å². The highest BCUT2D eigenvalue weighted by atomic mass is 16.1. The molecule has 0 bridgehead atoms. The van der Waals surface area contributed by atoms with Gasteiger partial charge in [-0.3, -0.25) is 4.79 Å². The number of H-pyrrole nitrogens is 1. The average molecular weight is 286 g/mol. The van der Waals surface area contributed by atoms with Crippen LogP contribution in [0.5, 0.6) is 0 Å². The molecule has 1 aliphatic rings. The standard InChI is InChI=1S/C14H18N6O/c21-14(12-2-1-7-15-9-12)16-8-10-3-5-11(6-4-10)13-17-19-20-18-13/h3-6,12,15H,1-2,7-9H2,(H,16,21)(H,17,18,19,20)/t12-/m1/s1. The van der Waals surface area contributed by atoms with Crippen LogP contribution in [-0.2, 0) is 11.3 Å². The highest BCUT2D eigenvalue weighted by Crippen LogP contribution is 2.14. The lowest BCUT2D eigenvalue weighted by molar-refractivity contribution is -0.125. The van der Waals surface area contributed by atoms with Gasteiger partial charge in [-0.25, -0.2) is 0 Å². The summed E-state index contributed by atoms with van der Waals surface area (Å²) in [6.45, 7) is 2.34. The molecular weight excluding hydrogens is 268 g/mol. The van der Waals surface area contributed by atoms with Crippen molar-refractivity contribution in [2.24, 2.45) is 5.92 Å². The first kappa shape index (κ1) is 13.7. The van der Waals surface area contributed by atoms with E-state index < -0.39 is 0 Å². The molecule has 0 radical (unpaired) electrons. The van der Waals surface area contributed by atoms with Crippen LogP contribution in [0.3, 0.4) is 0 Å². The summed E-state index contributed by atoms with van der Waals surface area (Å²) >= 11 is 0. The maximum absolute atomic E-state index is 12.0. The Bertz CT molecular complexity index is 574. The molecule has 3 N–H and O–H groups in total. The van der Waals surface area contributed by atoms with Crippen molar-refractivity contribution >= 4 is 5.91 Å². The van der Waals surface area contributed by atoms with Crippen molar-refractivity contribution in [1.29, 1.82) is 0 Å². The summed E-state index contributed by atoms with van der Waals surface area (Å²) in [5.41, 5.74) is 1.95. The molecule has 2 aromatic rings. The molecule has 1 atom stereocenters. The molecule has 0 unspecified atom stereocenters. The number of nitrogens with zero attached hydrogens (tertiary/aromatic N) is 3. The van der Waals surface area contributed by atoms with Crippen LogP contribution in [0.2, 0.25) is 0 Å². The van der Waals surface area contributed by atoms with E-state index in [0.717, 1.165) is 37.1 Å². The molecule has 1 fully saturated rings. The van der Waals surface area contributed by atoms with Crippen LogP contribution in [0.15, 0.2) is 24.3 Å². The first-order valence-corrected chi connectivity index (χ1v) is 7.14. The smallest absolute Gasteiger partial charge is 0.224 e. The predicted molar refractivity (Wildman–Crippen MR) is 77.1 cm³/mol. The molecule has 0 aliphatic carbocycles. The molecule has 1 amide bonds. The number of piperidine rings is 1. The summed E-state index contributed by atoms with van der Waals surface area (Å²) < 4.78 is 0. The molecule has 2 heterocycles. The Morgan fingerprint density at radius 3 is 2.86 bits per heavy atom. The number of hydrogen-bond donors (Lipinski definition) is 3. The number of aromatic nitrogens is 4. The summed E-state index contributed by atoms with van der Waals surface area (Å²) in [6.07, 6.45) is 2.03. The van der Waals surface area contributed by atoms with Crippen molar-refractivity contribution in [3.05, 3.63) is 29.8 Å². The highest BCUT2D eigenvalue weighted by Gasteiger charge is 2.20. The topological polar surface area (TPSA) is 95.6 Å². The third-order valence-corrected chi connectivity index (χ3v) is 3.69. The van der Waals surface area contributed by atoms with Crippen LogP contribution in [0, 0.1) is 5.92 Å². The lowest BCUT2D eigenvalue weighted by Crippen LogP contribution is -2.40. The second kappa shape index (κ2) is 6.45. The predicted octanol–water partition coefficient (Wildman–Crippen LogP) is 0.482. The van der Waals surface area contributed by atoms with Gasteiger partial charge in [0, 0.05) is 18.7 Å². The molecule has 1 aromatic heterocycles. The molecule has 0 saturated carbocycles. The molecule has 21 heavy (non-hydrogen) atoms. The minimum atomic E-state index is 0.0948. The Labute approximate surface area is 122 Å². The van der Waals surface area contributed by atoms with E-state index in [2.05, 4.69) is 31.3 Å². The van der Waals surface area contributed by atoms with Crippen molar-refractivity contribution < 1.29 is 4.79 Å². The Morgan fingerprint density at radius 2 is 2.19 bits per heavy atom. The first-order valence-electron chi connectivity index (χ1n) is 7.14. The molecule has 110 valence electrons. The maximum atomic E-state index is 12.0. The van der Waals surface area contributed by atoms with Gasteiger partial charge in [-0.2, -0.15) is 5.21 Å². The Balaban J connectivity index is 1.54. The van der Waals surface area contributed by atoms with Gasteiger partial charge in [0.05, 0.1) is 5.92 Å². The lowest BCUT2D eigenvalue weighted by Gasteiger charge is -2.21. The summed E-state index contributed by atoms with van der Waals surface area (Å²) in [4.78, 5) is 12.0. The average Bonchev–Trinajstić information content (AvgIpc) is 3.08. The van der Waals surface area contributed by atoms with E-state index in [-0.39, 0.29) is 11.8 Å². The Kier molecular flexibility index (Phi) is 4.20. The van der Waals surface area contributed by atoms with Crippen molar-refractivity contribution in [3.63, 3.8) is 0 Å². The fourth-order valence-corrected chi connectivity index (χ4v) is 2.46. The molecule has 0 spiro atoms. The molecule has 7 heteroatoms. The first-order chi connectivity index (χ1) is 10.3. The van der Waals surface area contributed by atoms with Gasteiger partial charge in [0.25, 0.3) is 0 Å². The lowest BCUT2D eigenvalue weighted by atomic mass is 9.99. The van der Waals surface area contributed by atoms with Crippen LogP contribution in [0.4, 0.5) is 0 Å². The molecule has 7 nitrogen and oxygen atoms in total. The molecule has 1 aromatic carbocycles. The van der Waals surface area contributed by atoms with E-state index in [4.69, 9.17) is 0 Å². The second-order valence-electron chi connectivity index (χ2n) is 5.19. The normalized spacial score (nSPS) is 18.4. The molecule has 3 rings (SSSR count). The highest BCUT2D eigenvalue weighted by molar-refractivity contribution is 5.79. The van der Waals surface area contributed by atoms with Crippen LogP contribution in [-0.4, -0.2) is 39.6 Å².